The molecule has 0 saturated heterocycles. The first-order chi connectivity index (χ1) is 9.24. The number of nitrogens with one attached hydrogen (secondary N) is 1. The molecule has 2 aliphatic carbocycles. The number of benzene rings is 1. The van der Waals surface area contributed by atoms with Crippen molar-refractivity contribution in [3.05, 3.63) is 34.3 Å². The SMILES string of the molecule is CCOC1CC(NC2CC(c3ccc(Br)cc3)C2)C1. The van der Waals surface area contributed by atoms with Crippen LogP contribution in [0, 0.1) is 0 Å². The summed E-state index contributed by atoms with van der Waals surface area (Å²) in [6.45, 7) is 2.93. The second-order valence-electron chi connectivity index (χ2n) is 5.83. The van der Waals surface area contributed by atoms with Crippen LogP contribution >= 0.6 is 15.9 Å². The highest BCUT2D eigenvalue weighted by Crippen LogP contribution is 2.38. The van der Waals surface area contributed by atoms with Gasteiger partial charge in [0.25, 0.3) is 0 Å². The molecule has 0 heterocycles. The van der Waals surface area contributed by atoms with E-state index in [1.807, 2.05) is 0 Å². The van der Waals surface area contributed by atoms with Crippen LogP contribution in [0.4, 0.5) is 0 Å². The van der Waals surface area contributed by atoms with Crippen LogP contribution in [-0.2, 0) is 4.74 Å². The Morgan fingerprint density at radius 3 is 2.37 bits per heavy atom. The van der Waals surface area contributed by atoms with Gasteiger partial charge < -0.3 is 10.1 Å². The minimum atomic E-state index is 0.518. The Morgan fingerprint density at radius 1 is 1.11 bits per heavy atom. The first-order valence-corrected chi connectivity index (χ1v) is 8.17. The summed E-state index contributed by atoms with van der Waals surface area (Å²) in [6.07, 6.45) is 5.50. The molecule has 2 nitrogen and oxygen atoms in total. The van der Waals surface area contributed by atoms with Crippen molar-refractivity contribution < 1.29 is 4.74 Å². The molecule has 0 spiro atoms. The molecule has 19 heavy (non-hydrogen) atoms. The minimum absolute atomic E-state index is 0.518. The quantitative estimate of drug-likeness (QED) is 0.888. The highest BCUT2D eigenvalue weighted by atomic mass is 79.9. The molecule has 1 N–H and O–H groups in total. The van der Waals surface area contributed by atoms with E-state index in [1.165, 1.54) is 35.7 Å². The summed E-state index contributed by atoms with van der Waals surface area (Å²) >= 11 is 3.49. The summed E-state index contributed by atoms with van der Waals surface area (Å²) in [7, 11) is 0. The normalized spacial score (nSPS) is 33.6. The van der Waals surface area contributed by atoms with Gasteiger partial charge in [-0.25, -0.2) is 0 Å². The van der Waals surface area contributed by atoms with E-state index in [0.717, 1.165) is 18.6 Å². The zero-order valence-corrected chi connectivity index (χ0v) is 13.0. The van der Waals surface area contributed by atoms with E-state index >= 15 is 0 Å². The molecule has 0 aromatic heterocycles. The van der Waals surface area contributed by atoms with Crippen molar-refractivity contribution in [2.75, 3.05) is 6.61 Å². The third-order valence-corrected chi connectivity index (χ3v) is 4.98. The van der Waals surface area contributed by atoms with Crippen molar-refractivity contribution in [1.82, 2.24) is 5.32 Å². The Balaban J connectivity index is 1.38. The average molecular weight is 324 g/mol. The summed E-state index contributed by atoms with van der Waals surface area (Å²) < 4.78 is 6.77. The van der Waals surface area contributed by atoms with E-state index in [4.69, 9.17) is 4.74 Å². The summed E-state index contributed by atoms with van der Waals surface area (Å²) in [5.41, 5.74) is 1.49. The van der Waals surface area contributed by atoms with Gasteiger partial charge in [-0.15, -0.1) is 0 Å². The van der Waals surface area contributed by atoms with Crippen LogP contribution < -0.4 is 5.32 Å². The van der Waals surface area contributed by atoms with E-state index < -0.39 is 0 Å². The number of ether oxygens (including phenoxy) is 1. The second-order valence-corrected chi connectivity index (χ2v) is 6.74. The molecular formula is C16H22BrNO. The van der Waals surface area contributed by atoms with Gasteiger partial charge in [0.1, 0.15) is 0 Å². The van der Waals surface area contributed by atoms with Gasteiger partial charge >= 0.3 is 0 Å². The molecule has 3 heteroatoms. The van der Waals surface area contributed by atoms with Gasteiger partial charge in [0, 0.05) is 23.2 Å². The first kappa shape index (κ1) is 13.6. The summed E-state index contributed by atoms with van der Waals surface area (Å²) in [5, 5.41) is 3.76. The number of hydrogen-bond acceptors (Lipinski definition) is 2. The molecule has 1 aromatic carbocycles. The third-order valence-electron chi connectivity index (χ3n) is 4.45. The highest BCUT2D eigenvalue weighted by Gasteiger charge is 2.36. The standard InChI is InChI=1S/C16H22BrNO/c1-2-19-16-9-15(10-16)18-14-7-12(8-14)11-3-5-13(17)6-4-11/h3-6,12,14-16,18H,2,7-10H2,1H3. The maximum atomic E-state index is 5.60. The molecule has 2 aliphatic rings. The van der Waals surface area contributed by atoms with Crippen LogP contribution in [0.15, 0.2) is 28.7 Å². The largest absolute Gasteiger partial charge is 0.378 e. The minimum Gasteiger partial charge on any atom is -0.378 e. The molecule has 0 bridgehead atoms. The van der Waals surface area contributed by atoms with Crippen molar-refractivity contribution in [1.29, 1.82) is 0 Å². The zero-order valence-electron chi connectivity index (χ0n) is 11.4. The number of rotatable bonds is 5. The smallest absolute Gasteiger partial charge is 0.0604 e. The molecule has 0 atom stereocenters. The fourth-order valence-electron chi connectivity index (χ4n) is 3.17. The summed E-state index contributed by atoms with van der Waals surface area (Å²) in [6, 6.07) is 10.2. The predicted molar refractivity (Wildman–Crippen MR) is 81.5 cm³/mol. The van der Waals surface area contributed by atoms with Crippen molar-refractivity contribution in [2.45, 2.75) is 56.7 Å². The lowest BCUT2D eigenvalue weighted by atomic mass is 9.74. The van der Waals surface area contributed by atoms with Crippen LogP contribution in [-0.4, -0.2) is 24.8 Å². The summed E-state index contributed by atoms with van der Waals surface area (Å²) in [4.78, 5) is 0. The first-order valence-electron chi connectivity index (χ1n) is 7.37. The Labute approximate surface area is 124 Å². The Kier molecular flexibility index (Phi) is 4.25. The van der Waals surface area contributed by atoms with Crippen LogP contribution in [0.3, 0.4) is 0 Å². The second kappa shape index (κ2) is 5.94. The lowest BCUT2D eigenvalue weighted by molar-refractivity contribution is -0.0154. The molecular weight excluding hydrogens is 302 g/mol. The average Bonchev–Trinajstić information content (AvgIpc) is 2.31. The van der Waals surface area contributed by atoms with Crippen LogP contribution in [0.25, 0.3) is 0 Å². The monoisotopic (exact) mass is 323 g/mol. The van der Waals surface area contributed by atoms with Gasteiger partial charge in [-0.2, -0.15) is 0 Å². The molecule has 0 aliphatic heterocycles. The topological polar surface area (TPSA) is 21.3 Å². The van der Waals surface area contributed by atoms with Gasteiger partial charge in [-0.05, 0) is 56.2 Å². The molecule has 2 saturated carbocycles. The van der Waals surface area contributed by atoms with E-state index in [-0.39, 0.29) is 0 Å². The molecule has 0 amide bonds. The van der Waals surface area contributed by atoms with E-state index in [1.54, 1.807) is 0 Å². The zero-order chi connectivity index (χ0) is 13.2. The fourth-order valence-corrected chi connectivity index (χ4v) is 3.43. The Morgan fingerprint density at radius 2 is 1.74 bits per heavy atom. The fraction of sp³-hybridized carbons (Fsp3) is 0.625. The Bertz CT molecular complexity index is 407. The van der Waals surface area contributed by atoms with Gasteiger partial charge in [0.05, 0.1) is 6.10 Å². The van der Waals surface area contributed by atoms with E-state index in [2.05, 4.69) is 52.4 Å². The molecule has 2 fully saturated rings. The maximum absolute atomic E-state index is 5.60. The molecule has 1 aromatic rings. The van der Waals surface area contributed by atoms with Crippen LogP contribution in [0.2, 0.25) is 0 Å². The highest BCUT2D eigenvalue weighted by molar-refractivity contribution is 9.10. The Hall–Kier alpha value is -0.380. The lowest BCUT2D eigenvalue weighted by Gasteiger charge is -2.43. The van der Waals surface area contributed by atoms with E-state index in [0.29, 0.717) is 12.1 Å². The van der Waals surface area contributed by atoms with Crippen molar-refractivity contribution in [3.63, 3.8) is 0 Å². The van der Waals surface area contributed by atoms with Gasteiger partial charge in [-0.3, -0.25) is 0 Å². The number of hydrogen-bond donors (Lipinski definition) is 1. The maximum Gasteiger partial charge on any atom is 0.0604 e. The molecule has 0 radical (unpaired) electrons. The van der Waals surface area contributed by atoms with Crippen molar-refractivity contribution in [3.8, 4) is 0 Å². The van der Waals surface area contributed by atoms with Gasteiger partial charge in [0.2, 0.25) is 0 Å². The van der Waals surface area contributed by atoms with Crippen LogP contribution in [0.1, 0.15) is 44.1 Å². The van der Waals surface area contributed by atoms with Crippen molar-refractivity contribution >= 4 is 15.9 Å². The summed E-state index contributed by atoms with van der Waals surface area (Å²) in [5.74, 6) is 0.758. The molecule has 3 rings (SSSR count). The number of halogens is 1. The van der Waals surface area contributed by atoms with Gasteiger partial charge in [0.15, 0.2) is 0 Å². The van der Waals surface area contributed by atoms with E-state index in [9.17, 15) is 0 Å². The third kappa shape index (κ3) is 3.21. The predicted octanol–water partition coefficient (Wildman–Crippen LogP) is 3.85. The van der Waals surface area contributed by atoms with Crippen LogP contribution in [0.5, 0.6) is 0 Å². The van der Waals surface area contributed by atoms with Crippen molar-refractivity contribution in [2.24, 2.45) is 0 Å². The molecule has 0 unspecified atom stereocenters. The lowest BCUT2D eigenvalue weighted by Crippen LogP contribution is -2.52. The van der Waals surface area contributed by atoms with Gasteiger partial charge in [-0.1, -0.05) is 28.1 Å². The molecule has 104 valence electrons.